The van der Waals surface area contributed by atoms with Crippen molar-refractivity contribution in [2.45, 2.75) is 26.3 Å². The van der Waals surface area contributed by atoms with Crippen molar-refractivity contribution in [3.8, 4) is 0 Å². The molecule has 0 aliphatic carbocycles. The third kappa shape index (κ3) is 4.40. The van der Waals surface area contributed by atoms with Gasteiger partial charge in [0, 0.05) is 32.4 Å². The molecule has 1 amide bonds. The molecule has 112 valence electrons. The molecule has 0 saturated carbocycles. The Labute approximate surface area is 132 Å². The molecule has 0 aliphatic rings. The Morgan fingerprint density at radius 2 is 2.14 bits per heavy atom. The molecule has 0 spiro atoms. The van der Waals surface area contributed by atoms with Crippen LogP contribution in [0.1, 0.15) is 22.6 Å². The first kappa shape index (κ1) is 15.7. The summed E-state index contributed by atoms with van der Waals surface area (Å²) in [6.07, 6.45) is 0.487. The number of thiophene rings is 1. The number of nitrogens with one attached hydrogen (secondary N) is 3. The molecule has 6 nitrogen and oxygen atoms in total. The summed E-state index contributed by atoms with van der Waals surface area (Å²) >= 11 is 4.91. The molecule has 0 atom stereocenters. The number of hydrogen-bond donors (Lipinski definition) is 3. The molecule has 0 bridgehead atoms. The minimum Gasteiger partial charge on any atom is -0.351 e. The zero-order valence-corrected chi connectivity index (χ0v) is 13.7. The second-order valence-electron chi connectivity index (χ2n) is 4.52. The molecular formula is C13H14BrN3O3S. The highest BCUT2D eigenvalue weighted by atomic mass is 79.9. The molecule has 2 aromatic rings. The topological polar surface area (TPSA) is 94.8 Å². The number of aromatic nitrogens is 2. The van der Waals surface area contributed by atoms with Gasteiger partial charge in [-0.3, -0.25) is 14.6 Å². The number of carbonyl (C=O) groups excluding carboxylic acids is 1. The van der Waals surface area contributed by atoms with Gasteiger partial charge in [-0.05, 0) is 35.3 Å². The fourth-order valence-electron chi connectivity index (χ4n) is 1.89. The van der Waals surface area contributed by atoms with Crippen molar-refractivity contribution in [3.05, 3.63) is 52.9 Å². The summed E-state index contributed by atoms with van der Waals surface area (Å²) in [4.78, 5) is 40.2. The zero-order chi connectivity index (χ0) is 15.4. The van der Waals surface area contributed by atoms with Crippen molar-refractivity contribution in [1.82, 2.24) is 15.3 Å². The average molecular weight is 372 g/mol. The van der Waals surface area contributed by atoms with E-state index in [4.69, 9.17) is 0 Å². The van der Waals surface area contributed by atoms with Gasteiger partial charge in [0.25, 0.3) is 5.56 Å². The number of rotatable bonds is 5. The molecule has 2 rings (SSSR count). The Hall–Kier alpha value is -1.67. The van der Waals surface area contributed by atoms with E-state index >= 15 is 0 Å². The van der Waals surface area contributed by atoms with Crippen LogP contribution in [-0.2, 0) is 17.8 Å². The largest absolute Gasteiger partial charge is 0.351 e. The van der Waals surface area contributed by atoms with E-state index in [1.165, 1.54) is 0 Å². The van der Waals surface area contributed by atoms with Gasteiger partial charge in [-0.1, -0.05) is 0 Å². The molecule has 0 unspecified atom stereocenters. The van der Waals surface area contributed by atoms with Crippen LogP contribution in [0, 0.1) is 6.92 Å². The molecule has 0 saturated heterocycles. The predicted molar refractivity (Wildman–Crippen MR) is 84.6 cm³/mol. The monoisotopic (exact) mass is 371 g/mol. The first-order chi connectivity index (χ1) is 9.95. The summed E-state index contributed by atoms with van der Waals surface area (Å²) in [7, 11) is 0. The summed E-state index contributed by atoms with van der Waals surface area (Å²) in [5, 5.41) is 4.75. The van der Waals surface area contributed by atoms with Gasteiger partial charge in [-0.25, -0.2) is 4.79 Å². The summed E-state index contributed by atoms with van der Waals surface area (Å²) in [6.45, 7) is 2.11. The Kier molecular flexibility index (Phi) is 5.13. The van der Waals surface area contributed by atoms with Crippen LogP contribution < -0.4 is 16.6 Å². The van der Waals surface area contributed by atoms with Gasteiger partial charge in [0.1, 0.15) is 0 Å². The molecule has 2 heterocycles. The van der Waals surface area contributed by atoms with Crippen LogP contribution in [-0.4, -0.2) is 15.9 Å². The molecule has 8 heteroatoms. The third-order valence-corrected chi connectivity index (χ3v) is 4.64. The van der Waals surface area contributed by atoms with E-state index in [2.05, 4.69) is 31.2 Å². The molecule has 0 aromatic carbocycles. The second kappa shape index (κ2) is 6.86. The molecule has 0 fully saturated rings. The van der Waals surface area contributed by atoms with Crippen LogP contribution in [0.5, 0.6) is 0 Å². The standard InChI is InChI=1S/C13H14BrN3O3S/c1-7-10(12(19)17-13(20)16-7)2-3-11(18)15-5-9-4-8(14)6-21-9/h4,6H,2-3,5H2,1H3,(H,15,18)(H2,16,17,19,20). The van der Waals surface area contributed by atoms with Crippen molar-refractivity contribution < 1.29 is 4.79 Å². The highest BCUT2D eigenvalue weighted by Crippen LogP contribution is 2.19. The first-order valence-electron chi connectivity index (χ1n) is 6.27. The van der Waals surface area contributed by atoms with E-state index < -0.39 is 11.2 Å². The third-order valence-electron chi connectivity index (χ3n) is 2.94. The van der Waals surface area contributed by atoms with Crippen LogP contribution in [0.4, 0.5) is 0 Å². The SMILES string of the molecule is Cc1[nH]c(=O)[nH]c(=O)c1CCC(=O)NCc1cc(Br)cs1. The van der Waals surface area contributed by atoms with E-state index in [0.29, 0.717) is 17.8 Å². The maximum absolute atomic E-state index is 11.8. The van der Waals surface area contributed by atoms with E-state index in [0.717, 1.165) is 9.35 Å². The van der Waals surface area contributed by atoms with Gasteiger partial charge in [-0.2, -0.15) is 0 Å². The highest BCUT2D eigenvalue weighted by Gasteiger charge is 2.09. The molecule has 21 heavy (non-hydrogen) atoms. The van der Waals surface area contributed by atoms with E-state index in [-0.39, 0.29) is 18.7 Å². The zero-order valence-electron chi connectivity index (χ0n) is 11.3. The Morgan fingerprint density at radius 3 is 2.76 bits per heavy atom. The lowest BCUT2D eigenvalue weighted by molar-refractivity contribution is -0.121. The van der Waals surface area contributed by atoms with Crippen molar-refractivity contribution in [3.63, 3.8) is 0 Å². The van der Waals surface area contributed by atoms with Crippen molar-refractivity contribution >= 4 is 33.2 Å². The number of carbonyl (C=O) groups is 1. The highest BCUT2D eigenvalue weighted by molar-refractivity contribution is 9.10. The van der Waals surface area contributed by atoms with Gasteiger partial charge in [0.15, 0.2) is 0 Å². The maximum atomic E-state index is 11.8. The number of aromatic amines is 2. The first-order valence-corrected chi connectivity index (χ1v) is 7.94. The predicted octanol–water partition coefficient (Wildman–Crippen LogP) is 1.44. The van der Waals surface area contributed by atoms with E-state index in [1.807, 2.05) is 11.4 Å². The summed E-state index contributed by atoms with van der Waals surface area (Å²) in [6, 6.07) is 1.95. The van der Waals surface area contributed by atoms with Gasteiger partial charge < -0.3 is 10.3 Å². The van der Waals surface area contributed by atoms with Gasteiger partial charge in [0.2, 0.25) is 5.91 Å². The van der Waals surface area contributed by atoms with Gasteiger partial charge in [0.05, 0.1) is 6.54 Å². The molecule has 0 aliphatic heterocycles. The second-order valence-corrected chi connectivity index (χ2v) is 6.43. The Bertz CT molecular complexity index is 763. The number of amides is 1. The number of H-pyrrole nitrogens is 2. The minimum atomic E-state index is -0.533. The van der Waals surface area contributed by atoms with Crippen LogP contribution in [0.15, 0.2) is 25.5 Å². The lowest BCUT2D eigenvalue weighted by atomic mass is 10.1. The number of aryl methyl sites for hydroxylation is 1. The lowest BCUT2D eigenvalue weighted by Crippen LogP contribution is -2.29. The van der Waals surface area contributed by atoms with E-state index in [1.54, 1.807) is 18.3 Å². The summed E-state index contributed by atoms with van der Waals surface area (Å²) < 4.78 is 0.993. The number of halogens is 1. The van der Waals surface area contributed by atoms with Crippen molar-refractivity contribution in [1.29, 1.82) is 0 Å². The van der Waals surface area contributed by atoms with Gasteiger partial charge in [-0.15, -0.1) is 11.3 Å². The molecule has 2 aromatic heterocycles. The van der Waals surface area contributed by atoms with Crippen molar-refractivity contribution in [2.75, 3.05) is 0 Å². The molecule has 3 N–H and O–H groups in total. The average Bonchev–Trinajstić information content (AvgIpc) is 2.81. The normalized spacial score (nSPS) is 10.6. The van der Waals surface area contributed by atoms with Crippen molar-refractivity contribution in [2.24, 2.45) is 0 Å². The van der Waals surface area contributed by atoms with Crippen LogP contribution in [0.3, 0.4) is 0 Å². The van der Waals surface area contributed by atoms with Gasteiger partial charge >= 0.3 is 5.69 Å². The molecule has 0 radical (unpaired) electrons. The molecular weight excluding hydrogens is 358 g/mol. The lowest BCUT2D eigenvalue weighted by Gasteiger charge is -2.05. The van der Waals surface area contributed by atoms with Crippen LogP contribution >= 0.6 is 27.3 Å². The fourth-order valence-corrected chi connectivity index (χ4v) is 3.28. The van der Waals surface area contributed by atoms with Crippen LogP contribution in [0.2, 0.25) is 0 Å². The Balaban J connectivity index is 1.90. The minimum absolute atomic E-state index is 0.135. The smallest absolute Gasteiger partial charge is 0.325 e. The van der Waals surface area contributed by atoms with E-state index in [9.17, 15) is 14.4 Å². The summed E-state index contributed by atoms with van der Waals surface area (Å²) in [5.74, 6) is -0.135. The quantitative estimate of drug-likeness (QED) is 0.741. The fraction of sp³-hybridized carbons (Fsp3) is 0.308. The maximum Gasteiger partial charge on any atom is 0.325 e. The summed E-state index contributed by atoms with van der Waals surface area (Å²) in [5.41, 5.74) is -0.0393. The Morgan fingerprint density at radius 1 is 1.38 bits per heavy atom. The van der Waals surface area contributed by atoms with Crippen LogP contribution in [0.25, 0.3) is 0 Å². The number of hydrogen-bond acceptors (Lipinski definition) is 4.